The second kappa shape index (κ2) is 11.5. The van der Waals surface area contributed by atoms with E-state index in [1.54, 1.807) is 0 Å². The number of nitrogens with zero attached hydrogens (tertiary/aromatic N) is 1. The van der Waals surface area contributed by atoms with Crippen molar-refractivity contribution in [2.45, 2.75) is 59.2 Å². The van der Waals surface area contributed by atoms with Crippen LogP contribution in [0.1, 0.15) is 58.0 Å². The number of alkyl carbamates (subject to hydrolysis) is 1. The summed E-state index contributed by atoms with van der Waals surface area (Å²) in [5.41, 5.74) is 0.871. The van der Waals surface area contributed by atoms with Gasteiger partial charge in [0, 0.05) is 0 Å². The third-order valence-electron chi connectivity index (χ3n) is 4.34. The number of aromatic amines is 1. The lowest BCUT2D eigenvalue weighted by atomic mass is 10.0. The molecule has 0 bridgehead atoms. The SMILES string of the molecule is CC(C)CC(NC(=O)OCc1ccccc1)C(=O)NC(CC(C)C)c1nc(=S)o[nH]1. The standard InChI is InChI=1S/C21H30N4O4S/c1-13(2)10-16(18-24-21(30)29-25-18)22-19(26)17(11-14(3)4)23-20(27)28-12-15-8-6-5-7-9-15/h5-9,13-14,16-17H,10-12H2,1-4H3,(H,22,26)(H,23,27)(H,24,25,30). The van der Waals surface area contributed by atoms with Crippen LogP contribution in [0.3, 0.4) is 0 Å². The zero-order chi connectivity index (χ0) is 22.1. The summed E-state index contributed by atoms with van der Waals surface area (Å²) in [6, 6.07) is 8.22. The van der Waals surface area contributed by atoms with E-state index in [1.165, 1.54) is 0 Å². The van der Waals surface area contributed by atoms with Crippen molar-refractivity contribution < 1.29 is 18.8 Å². The average Bonchev–Trinajstić information content (AvgIpc) is 3.12. The molecule has 0 radical (unpaired) electrons. The zero-order valence-corrected chi connectivity index (χ0v) is 18.6. The Morgan fingerprint density at radius 1 is 1.10 bits per heavy atom. The number of amides is 2. The molecule has 0 spiro atoms. The van der Waals surface area contributed by atoms with Crippen LogP contribution in [0.25, 0.3) is 0 Å². The van der Waals surface area contributed by atoms with E-state index in [0.29, 0.717) is 24.6 Å². The topological polar surface area (TPSA) is 109 Å². The van der Waals surface area contributed by atoms with Crippen molar-refractivity contribution in [2.75, 3.05) is 0 Å². The highest BCUT2D eigenvalue weighted by molar-refractivity contribution is 7.71. The lowest BCUT2D eigenvalue weighted by molar-refractivity contribution is -0.124. The quantitative estimate of drug-likeness (QED) is 0.482. The number of hydrogen-bond donors (Lipinski definition) is 3. The van der Waals surface area contributed by atoms with Gasteiger partial charge in [-0.1, -0.05) is 58.0 Å². The summed E-state index contributed by atoms with van der Waals surface area (Å²) in [5, 5.41) is 8.30. The fraction of sp³-hybridized carbons (Fsp3) is 0.524. The van der Waals surface area contributed by atoms with Gasteiger partial charge in [0.15, 0.2) is 5.82 Å². The van der Waals surface area contributed by atoms with Gasteiger partial charge < -0.3 is 19.9 Å². The molecule has 164 valence electrons. The number of ether oxygens (including phenoxy) is 1. The molecule has 9 heteroatoms. The first kappa shape index (κ1) is 23.6. The number of carbonyl (C=O) groups excluding carboxylic acids is 2. The van der Waals surface area contributed by atoms with Gasteiger partial charge in [0.2, 0.25) is 5.91 Å². The Morgan fingerprint density at radius 2 is 1.77 bits per heavy atom. The normalized spacial score (nSPS) is 13.1. The Labute approximate surface area is 181 Å². The molecule has 0 aliphatic carbocycles. The molecule has 0 aliphatic rings. The van der Waals surface area contributed by atoms with Gasteiger partial charge in [-0.2, -0.15) is 4.98 Å². The van der Waals surface area contributed by atoms with Crippen molar-refractivity contribution in [2.24, 2.45) is 11.8 Å². The molecule has 2 atom stereocenters. The van der Waals surface area contributed by atoms with E-state index < -0.39 is 18.2 Å². The summed E-state index contributed by atoms with van der Waals surface area (Å²) in [6.07, 6.45) is 0.465. The molecular weight excluding hydrogens is 404 g/mol. The first-order chi connectivity index (χ1) is 14.2. The summed E-state index contributed by atoms with van der Waals surface area (Å²) >= 11 is 4.92. The molecule has 8 nitrogen and oxygen atoms in total. The van der Waals surface area contributed by atoms with Gasteiger partial charge >= 0.3 is 10.9 Å². The van der Waals surface area contributed by atoms with Crippen molar-refractivity contribution in [1.82, 2.24) is 20.8 Å². The predicted octanol–water partition coefficient (Wildman–Crippen LogP) is 4.28. The minimum absolute atomic E-state index is 0.0781. The van der Waals surface area contributed by atoms with Crippen molar-refractivity contribution in [3.8, 4) is 0 Å². The number of nitrogens with one attached hydrogen (secondary N) is 3. The fourth-order valence-electron chi connectivity index (χ4n) is 2.98. The van der Waals surface area contributed by atoms with Crippen LogP contribution in [0.2, 0.25) is 0 Å². The minimum atomic E-state index is -0.738. The third kappa shape index (κ3) is 7.98. The van der Waals surface area contributed by atoms with E-state index in [-0.39, 0.29) is 23.3 Å². The van der Waals surface area contributed by atoms with Gasteiger partial charge in [0.1, 0.15) is 12.6 Å². The highest BCUT2D eigenvalue weighted by Crippen LogP contribution is 2.19. The van der Waals surface area contributed by atoms with Crippen LogP contribution in [0.4, 0.5) is 4.79 Å². The van der Waals surface area contributed by atoms with Gasteiger partial charge in [0.05, 0.1) is 6.04 Å². The monoisotopic (exact) mass is 434 g/mol. The van der Waals surface area contributed by atoms with Crippen molar-refractivity contribution in [3.05, 3.63) is 46.6 Å². The second-order valence-corrected chi connectivity index (χ2v) is 8.40. The van der Waals surface area contributed by atoms with Gasteiger partial charge in [-0.15, -0.1) is 0 Å². The summed E-state index contributed by atoms with van der Waals surface area (Å²) in [6.45, 7) is 8.18. The summed E-state index contributed by atoms with van der Waals surface area (Å²) in [7, 11) is 0. The highest BCUT2D eigenvalue weighted by Gasteiger charge is 2.27. The van der Waals surface area contributed by atoms with Gasteiger partial charge in [-0.25, -0.2) is 9.95 Å². The van der Waals surface area contributed by atoms with Gasteiger partial charge in [-0.3, -0.25) is 4.79 Å². The van der Waals surface area contributed by atoms with Crippen LogP contribution in [-0.4, -0.2) is 28.2 Å². The smallest absolute Gasteiger partial charge is 0.408 e. The molecule has 2 aromatic rings. The highest BCUT2D eigenvalue weighted by atomic mass is 32.1. The number of H-pyrrole nitrogens is 1. The van der Waals surface area contributed by atoms with Crippen LogP contribution < -0.4 is 10.6 Å². The Balaban J connectivity index is 2.03. The molecule has 2 amide bonds. The Hall–Kier alpha value is -2.68. The molecule has 0 aliphatic heterocycles. The lowest BCUT2D eigenvalue weighted by Gasteiger charge is -2.24. The number of hydrogen-bond acceptors (Lipinski definition) is 6. The molecule has 0 saturated carbocycles. The van der Waals surface area contributed by atoms with E-state index in [9.17, 15) is 9.59 Å². The van der Waals surface area contributed by atoms with E-state index in [0.717, 1.165) is 5.56 Å². The van der Waals surface area contributed by atoms with Crippen LogP contribution in [0, 0.1) is 16.7 Å². The second-order valence-electron chi connectivity index (χ2n) is 8.05. The molecule has 1 heterocycles. The van der Waals surface area contributed by atoms with E-state index in [2.05, 4.69) is 20.8 Å². The molecule has 2 rings (SSSR count). The summed E-state index contributed by atoms with van der Waals surface area (Å²) in [4.78, 5) is 29.5. The minimum Gasteiger partial charge on any atom is -0.445 e. The van der Waals surface area contributed by atoms with E-state index in [1.807, 2.05) is 58.0 Å². The van der Waals surface area contributed by atoms with Crippen LogP contribution in [-0.2, 0) is 16.1 Å². The fourth-order valence-corrected chi connectivity index (χ4v) is 3.12. The molecular formula is C21H30N4O4S. The molecule has 1 aromatic heterocycles. The number of aromatic nitrogens is 2. The lowest BCUT2D eigenvalue weighted by Crippen LogP contribution is -2.48. The Kier molecular flexibility index (Phi) is 9.04. The maximum absolute atomic E-state index is 13.0. The molecule has 3 N–H and O–H groups in total. The Morgan fingerprint density at radius 3 is 2.33 bits per heavy atom. The van der Waals surface area contributed by atoms with Crippen LogP contribution in [0.5, 0.6) is 0 Å². The first-order valence-electron chi connectivity index (χ1n) is 10.1. The Bertz CT molecular complexity index is 863. The summed E-state index contributed by atoms with van der Waals surface area (Å²) < 4.78 is 10.3. The van der Waals surface area contributed by atoms with Crippen molar-refractivity contribution >= 4 is 24.2 Å². The molecule has 0 saturated heterocycles. The maximum atomic E-state index is 13.0. The largest absolute Gasteiger partial charge is 0.445 e. The van der Waals surface area contributed by atoms with E-state index >= 15 is 0 Å². The van der Waals surface area contributed by atoms with Crippen molar-refractivity contribution in [1.29, 1.82) is 0 Å². The number of carbonyl (C=O) groups is 2. The van der Waals surface area contributed by atoms with Gasteiger partial charge in [-0.05, 0) is 42.5 Å². The average molecular weight is 435 g/mol. The summed E-state index contributed by atoms with van der Waals surface area (Å²) in [5.74, 6) is 0.628. The van der Waals surface area contributed by atoms with Crippen LogP contribution in [0.15, 0.2) is 34.9 Å². The zero-order valence-electron chi connectivity index (χ0n) is 17.8. The maximum Gasteiger partial charge on any atom is 0.408 e. The first-order valence-corrected chi connectivity index (χ1v) is 10.5. The molecule has 1 aromatic carbocycles. The van der Waals surface area contributed by atoms with Gasteiger partial charge in [0.25, 0.3) is 0 Å². The number of benzene rings is 1. The molecule has 30 heavy (non-hydrogen) atoms. The molecule has 0 fully saturated rings. The van der Waals surface area contributed by atoms with E-state index in [4.69, 9.17) is 21.5 Å². The number of rotatable bonds is 10. The van der Waals surface area contributed by atoms with Crippen LogP contribution >= 0.6 is 12.2 Å². The third-order valence-corrected chi connectivity index (χ3v) is 4.51. The van der Waals surface area contributed by atoms with Crippen molar-refractivity contribution in [3.63, 3.8) is 0 Å². The molecule has 2 unspecified atom stereocenters. The predicted molar refractivity (Wildman–Crippen MR) is 115 cm³/mol.